The topological polar surface area (TPSA) is 15.3 Å². The van der Waals surface area contributed by atoms with Crippen LogP contribution in [0.5, 0.6) is 0 Å². The molecule has 0 aliphatic carbocycles. The molecule has 0 saturated carbocycles. The lowest BCUT2D eigenvalue weighted by Gasteiger charge is -2.10. The van der Waals surface area contributed by atoms with E-state index in [1.54, 1.807) is 0 Å². The maximum absolute atomic E-state index is 3.57. The minimum Gasteiger partial charge on any atom is -0.313 e. The second-order valence-electron chi connectivity index (χ2n) is 4.07. The Morgan fingerprint density at radius 3 is 2.81 bits per heavy atom. The van der Waals surface area contributed by atoms with Gasteiger partial charge in [0.2, 0.25) is 0 Å². The summed E-state index contributed by atoms with van der Waals surface area (Å²) in [5.41, 5.74) is 1.33. The Balaban J connectivity index is 2.29. The lowest BCUT2D eigenvalue weighted by molar-refractivity contribution is 0.394. The molecule has 2 nitrogen and oxygen atoms in total. The summed E-state index contributed by atoms with van der Waals surface area (Å²) in [6.07, 6.45) is 1.19. The Bertz CT molecular complexity index is 329. The Labute approximate surface area is 120 Å². The average Bonchev–Trinajstić information content (AvgIpc) is 2.22. The zero-order valence-electron chi connectivity index (χ0n) is 9.76. The van der Waals surface area contributed by atoms with Gasteiger partial charge in [-0.25, -0.2) is 0 Å². The van der Waals surface area contributed by atoms with Gasteiger partial charge in [0.15, 0.2) is 0 Å². The van der Waals surface area contributed by atoms with Crippen molar-refractivity contribution in [2.24, 2.45) is 0 Å². The maximum Gasteiger partial charge on any atom is 0.0220 e. The molecule has 1 aromatic carbocycles. The molecule has 0 aromatic heterocycles. The van der Waals surface area contributed by atoms with Gasteiger partial charge < -0.3 is 10.2 Å². The highest BCUT2D eigenvalue weighted by Crippen LogP contribution is 2.19. The molecule has 0 heterocycles. The van der Waals surface area contributed by atoms with E-state index in [2.05, 4.69) is 81.0 Å². The van der Waals surface area contributed by atoms with E-state index in [4.69, 9.17) is 0 Å². The highest BCUT2D eigenvalue weighted by Gasteiger charge is 2.00. The first-order valence-corrected chi connectivity index (χ1v) is 7.26. The first kappa shape index (κ1) is 14.4. The third kappa shape index (κ3) is 5.61. The average molecular weight is 397 g/mol. The standard InChI is InChI=1S/C12H18BrIN2/c1-16(2)7-3-6-15-9-10-8-11(14)4-5-12(10)13/h4-5,8,15H,3,6-7,9H2,1-2H3. The van der Waals surface area contributed by atoms with E-state index in [0.29, 0.717) is 0 Å². The summed E-state index contributed by atoms with van der Waals surface area (Å²) < 4.78 is 2.47. The molecule has 0 spiro atoms. The van der Waals surface area contributed by atoms with Crippen LogP contribution in [0.4, 0.5) is 0 Å². The van der Waals surface area contributed by atoms with Gasteiger partial charge in [0.25, 0.3) is 0 Å². The van der Waals surface area contributed by atoms with E-state index in [1.165, 1.54) is 20.0 Å². The fraction of sp³-hybridized carbons (Fsp3) is 0.500. The van der Waals surface area contributed by atoms with Crippen LogP contribution in [0.2, 0.25) is 0 Å². The van der Waals surface area contributed by atoms with Crippen molar-refractivity contribution in [2.45, 2.75) is 13.0 Å². The van der Waals surface area contributed by atoms with Gasteiger partial charge in [0.05, 0.1) is 0 Å². The largest absolute Gasteiger partial charge is 0.313 e. The summed E-state index contributed by atoms with van der Waals surface area (Å²) in [6, 6.07) is 6.43. The van der Waals surface area contributed by atoms with Gasteiger partial charge in [0, 0.05) is 14.6 Å². The van der Waals surface area contributed by atoms with E-state index in [1.807, 2.05) is 0 Å². The van der Waals surface area contributed by atoms with E-state index in [-0.39, 0.29) is 0 Å². The van der Waals surface area contributed by atoms with Crippen molar-refractivity contribution in [3.05, 3.63) is 31.8 Å². The van der Waals surface area contributed by atoms with Crippen LogP contribution >= 0.6 is 38.5 Å². The van der Waals surface area contributed by atoms with Crippen LogP contribution in [0.15, 0.2) is 22.7 Å². The summed E-state index contributed by atoms with van der Waals surface area (Å²) in [7, 11) is 4.21. The maximum atomic E-state index is 3.57. The smallest absolute Gasteiger partial charge is 0.0220 e. The molecular formula is C12H18BrIN2. The fourth-order valence-electron chi connectivity index (χ4n) is 1.42. The van der Waals surface area contributed by atoms with Gasteiger partial charge in [-0.15, -0.1) is 0 Å². The molecule has 16 heavy (non-hydrogen) atoms. The van der Waals surface area contributed by atoms with Crippen molar-refractivity contribution in [2.75, 3.05) is 27.2 Å². The molecule has 0 bridgehead atoms. The van der Waals surface area contributed by atoms with Gasteiger partial charge in [-0.2, -0.15) is 0 Å². The zero-order chi connectivity index (χ0) is 12.0. The highest BCUT2D eigenvalue weighted by atomic mass is 127. The third-order valence-electron chi connectivity index (χ3n) is 2.28. The number of benzene rings is 1. The van der Waals surface area contributed by atoms with Crippen LogP contribution < -0.4 is 5.32 Å². The predicted molar refractivity (Wildman–Crippen MR) is 81.7 cm³/mol. The van der Waals surface area contributed by atoms with Crippen molar-refractivity contribution in [1.82, 2.24) is 10.2 Å². The lowest BCUT2D eigenvalue weighted by Crippen LogP contribution is -2.21. The Morgan fingerprint density at radius 2 is 2.12 bits per heavy atom. The molecule has 0 aliphatic rings. The Kier molecular flexibility index (Phi) is 6.87. The summed E-state index contributed by atoms with van der Waals surface area (Å²) in [5, 5.41) is 3.47. The molecular weight excluding hydrogens is 379 g/mol. The highest BCUT2D eigenvalue weighted by molar-refractivity contribution is 14.1. The van der Waals surface area contributed by atoms with Gasteiger partial charge in [-0.3, -0.25) is 0 Å². The van der Waals surface area contributed by atoms with E-state index in [9.17, 15) is 0 Å². The molecule has 1 N–H and O–H groups in total. The summed E-state index contributed by atoms with van der Waals surface area (Å²) in [5.74, 6) is 0. The molecule has 1 aromatic rings. The fourth-order valence-corrected chi connectivity index (χ4v) is 2.36. The van der Waals surface area contributed by atoms with Crippen LogP contribution in [0.1, 0.15) is 12.0 Å². The molecule has 0 fully saturated rings. The summed E-state index contributed by atoms with van der Waals surface area (Å²) in [6.45, 7) is 3.14. The van der Waals surface area contributed by atoms with Crippen LogP contribution in [-0.2, 0) is 6.54 Å². The van der Waals surface area contributed by atoms with E-state index in [0.717, 1.165) is 19.6 Å². The summed E-state index contributed by atoms with van der Waals surface area (Å²) >= 11 is 5.92. The summed E-state index contributed by atoms with van der Waals surface area (Å²) in [4.78, 5) is 2.21. The molecule has 0 unspecified atom stereocenters. The van der Waals surface area contributed by atoms with Gasteiger partial charge >= 0.3 is 0 Å². The molecule has 0 saturated heterocycles. The minimum absolute atomic E-state index is 0.935. The Hall–Kier alpha value is 0.350. The second-order valence-corrected chi connectivity index (χ2v) is 6.17. The van der Waals surface area contributed by atoms with Crippen molar-refractivity contribution in [3.8, 4) is 0 Å². The number of rotatable bonds is 6. The molecule has 0 amide bonds. The number of nitrogens with zero attached hydrogens (tertiary/aromatic N) is 1. The van der Waals surface area contributed by atoms with Gasteiger partial charge in [-0.05, 0) is 80.0 Å². The first-order valence-electron chi connectivity index (χ1n) is 5.39. The van der Waals surface area contributed by atoms with E-state index >= 15 is 0 Å². The van der Waals surface area contributed by atoms with Crippen molar-refractivity contribution in [1.29, 1.82) is 0 Å². The molecule has 0 radical (unpaired) electrons. The van der Waals surface area contributed by atoms with Crippen LogP contribution in [0.25, 0.3) is 0 Å². The lowest BCUT2D eigenvalue weighted by atomic mass is 10.2. The van der Waals surface area contributed by atoms with Crippen molar-refractivity contribution < 1.29 is 0 Å². The second kappa shape index (κ2) is 7.63. The predicted octanol–water partition coefficient (Wildman–Crippen LogP) is 3.10. The van der Waals surface area contributed by atoms with Crippen molar-refractivity contribution >= 4 is 38.5 Å². The number of hydrogen-bond acceptors (Lipinski definition) is 2. The zero-order valence-corrected chi connectivity index (χ0v) is 13.5. The normalized spacial score (nSPS) is 11.1. The third-order valence-corrected chi connectivity index (χ3v) is 3.73. The minimum atomic E-state index is 0.935. The Morgan fingerprint density at radius 1 is 1.38 bits per heavy atom. The molecule has 4 heteroatoms. The molecule has 1 rings (SSSR count). The van der Waals surface area contributed by atoms with Gasteiger partial charge in [-0.1, -0.05) is 15.9 Å². The first-order chi connectivity index (χ1) is 7.59. The number of hydrogen-bond donors (Lipinski definition) is 1. The molecule has 90 valence electrons. The van der Waals surface area contributed by atoms with E-state index < -0.39 is 0 Å². The monoisotopic (exact) mass is 396 g/mol. The van der Waals surface area contributed by atoms with Gasteiger partial charge in [0.1, 0.15) is 0 Å². The molecule has 0 atom stereocenters. The van der Waals surface area contributed by atoms with Crippen LogP contribution in [-0.4, -0.2) is 32.1 Å². The number of nitrogens with one attached hydrogen (secondary N) is 1. The SMILES string of the molecule is CN(C)CCCNCc1cc(I)ccc1Br. The molecule has 0 aliphatic heterocycles. The van der Waals surface area contributed by atoms with Crippen LogP contribution in [0, 0.1) is 3.57 Å². The quantitative estimate of drug-likeness (QED) is 0.587. The number of halogens is 2. The van der Waals surface area contributed by atoms with Crippen LogP contribution in [0.3, 0.4) is 0 Å². The van der Waals surface area contributed by atoms with Crippen molar-refractivity contribution in [3.63, 3.8) is 0 Å².